The van der Waals surface area contributed by atoms with Gasteiger partial charge in [0, 0.05) is 30.8 Å². The van der Waals surface area contributed by atoms with Crippen molar-refractivity contribution in [2.75, 3.05) is 13.7 Å². The van der Waals surface area contributed by atoms with Crippen molar-refractivity contribution >= 4 is 5.96 Å². The molecule has 0 fully saturated rings. The molecule has 0 aliphatic carbocycles. The Kier molecular flexibility index (Phi) is 6.84. The number of guanidine groups is 1. The lowest BCUT2D eigenvalue weighted by molar-refractivity contribution is 0.358. The van der Waals surface area contributed by atoms with Crippen molar-refractivity contribution < 1.29 is 9.26 Å². The van der Waals surface area contributed by atoms with Gasteiger partial charge < -0.3 is 19.9 Å². The molecule has 28 heavy (non-hydrogen) atoms. The van der Waals surface area contributed by atoms with Gasteiger partial charge in [0.05, 0.1) is 6.54 Å². The minimum atomic E-state index is 0.472. The van der Waals surface area contributed by atoms with Gasteiger partial charge in [-0.25, -0.2) is 0 Å². The fraction of sp³-hybridized carbons (Fsp3) is 0.182. The van der Waals surface area contributed by atoms with Crippen LogP contribution in [0.3, 0.4) is 0 Å². The maximum Gasteiger partial charge on any atom is 0.191 e. The molecule has 1 heterocycles. The molecule has 0 amide bonds. The number of hydrogen-bond donors (Lipinski definition) is 2. The number of ether oxygens (including phenoxy) is 1. The largest absolute Gasteiger partial charge is 0.489 e. The van der Waals surface area contributed by atoms with Gasteiger partial charge in [0.1, 0.15) is 18.1 Å². The molecular formula is C22H24N4O2. The Hall–Kier alpha value is -3.54. The molecule has 2 N–H and O–H groups in total. The number of rotatable bonds is 8. The van der Waals surface area contributed by atoms with Crippen molar-refractivity contribution in [2.24, 2.45) is 4.99 Å². The van der Waals surface area contributed by atoms with E-state index in [0.717, 1.165) is 28.3 Å². The Morgan fingerprint density at radius 1 is 1.11 bits per heavy atom. The predicted molar refractivity (Wildman–Crippen MR) is 111 cm³/mol. The van der Waals surface area contributed by atoms with Crippen LogP contribution < -0.4 is 15.4 Å². The fourth-order valence-corrected chi connectivity index (χ4v) is 2.65. The first-order valence-electron chi connectivity index (χ1n) is 9.07. The van der Waals surface area contributed by atoms with Gasteiger partial charge in [-0.3, -0.25) is 4.99 Å². The third kappa shape index (κ3) is 5.23. The summed E-state index contributed by atoms with van der Waals surface area (Å²) in [5, 5.41) is 10.6. The summed E-state index contributed by atoms with van der Waals surface area (Å²) in [6.07, 6.45) is 1.73. The molecule has 2 aromatic carbocycles. The van der Waals surface area contributed by atoms with Gasteiger partial charge in [-0.05, 0) is 6.07 Å². The minimum absolute atomic E-state index is 0.472. The molecule has 3 rings (SSSR count). The van der Waals surface area contributed by atoms with Crippen LogP contribution in [-0.4, -0.2) is 24.8 Å². The van der Waals surface area contributed by atoms with Crippen LogP contribution in [0, 0.1) is 0 Å². The van der Waals surface area contributed by atoms with E-state index in [4.69, 9.17) is 9.26 Å². The highest BCUT2D eigenvalue weighted by molar-refractivity contribution is 5.79. The van der Waals surface area contributed by atoms with E-state index >= 15 is 0 Å². The van der Waals surface area contributed by atoms with Gasteiger partial charge in [-0.2, -0.15) is 0 Å². The average molecular weight is 376 g/mol. The van der Waals surface area contributed by atoms with Crippen LogP contribution in [0.4, 0.5) is 0 Å². The van der Waals surface area contributed by atoms with Crippen molar-refractivity contribution in [1.29, 1.82) is 0 Å². The number of aliphatic imine (C=N–C) groups is 1. The SMILES string of the molecule is C=CCOc1ccccc1CNC(=NC)NCc1cc(-c2ccccc2)on1. The Balaban J connectivity index is 1.55. The van der Waals surface area contributed by atoms with E-state index in [2.05, 4.69) is 27.4 Å². The molecule has 0 radical (unpaired) electrons. The second kappa shape index (κ2) is 9.97. The van der Waals surface area contributed by atoms with Crippen molar-refractivity contribution in [3.63, 3.8) is 0 Å². The summed E-state index contributed by atoms with van der Waals surface area (Å²) >= 11 is 0. The molecule has 144 valence electrons. The second-order valence-corrected chi connectivity index (χ2v) is 6.04. The zero-order valence-electron chi connectivity index (χ0n) is 15.9. The molecule has 0 spiro atoms. The highest BCUT2D eigenvalue weighted by atomic mass is 16.5. The molecular weight excluding hydrogens is 352 g/mol. The molecule has 0 saturated carbocycles. The summed E-state index contributed by atoms with van der Waals surface area (Å²) in [5.74, 6) is 2.24. The fourth-order valence-electron chi connectivity index (χ4n) is 2.65. The maximum absolute atomic E-state index is 5.69. The third-order valence-corrected chi connectivity index (χ3v) is 4.05. The lowest BCUT2D eigenvalue weighted by Gasteiger charge is -2.13. The lowest BCUT2D eigenvalue weighted by Crippen LogP contribution is -2.36. The number of hydrogen-bond acceptors (Lipinski definition) is 4. The van der Waals surface area contributed by atoms with Gasteiger partial charge in [0.25, 0.3) is 0 Å². The molecule has 0 aliphatic heterocycles. The molecule has 1 aromatic heterocycles. The van der Waals surface area contributed by atoms with Crippen LogP contribution in [0.25, 0.3) is 11.3 Å². The van der Waals surface area contributed by atoms with Crippen LogP contribution in [0.5, 0.6) is 5.75 Å². The number of nitrogens with zero attached hydrogens (tertiary/aromatic N) is 2. The quantitative estimate of drug-likeness (QED) is 0.356. The number of benzene rings is 2. The summed E-state index contributed by atoms with van der Waals surface area (Å²) in [7, 11) is 1.73. The maximum atomic E-state index is 5.69. The zero-order valence-corrected chi connectivity index (χ0v) is 15.9. The molecule has 0 unspecified atom stereocenters. The van der Waals surface area contributed by atoms with Crippen molar-refractivity contribution in [2.45, 2.75) is 13.1 Å². The van der Waals surface area contributed by atoms with E-state index in [0.29, 0.717) is 25.7 Å². The van der Waals surface area contributed by atoms with Crippen LogP contribution in [0.2, 0.25) is 0 Å². The monoisotopic (exact) mass is 376 g/mol. The van der Waals surface area contributed by atoms with Gasteiger partial charge >= 0.3 is 0 Å². The van der Waals surface area contributed by atoms with E-state index in [9.17, 15) is 0 Å². The van der Waals surface area contributed by atoms with Gasteiger partial charge in [-0.1, -0.05) is 66.3 Å². The van der Waals surface area contributed by atoms with Crippen molar-refractivity contribution in [3.8, 4) is 17.1 Å². The zero-order chi connectivity index (χ0) is 19.6. The number of nitrogens with one attached hydrogen (secondary N) is 2. The average Bonchev–Trinajstić information content (AvgIpc) is 3.23. The summed E-state index contributed by atoms with van der Waals surface area (Å²) in [4.78, 5) is 4.25. The van der Waals surface area contributed by atoms with E-state index < -0.39 is 0 Å². The summed E-state index contributed by atoms with van der Waals surface area (Å²) in [6, 6.07) is 19.7. The molecule has 6 nitrogen and oxygen atoms in total. The van der Waals surface area contributed by atoms with Crippen LogP contribution >= 0.6 is 0 Å². The van der Waals surface area contributed by atoms with Gasteiger partial charge in [0.15, 0.2) is 11.7 Å². The number of aromatic nitrogens is 1. The van der Waals surface area contributed by atoms with E-state index in [1.165, 1.54) is 0 Å². The topological polar surface area (TPSA) is 71.7 Å². The number of para-hydroxylation sites is 1. The van der Waals surface area contributed by atoms with E-state index in [1.807, 2.05) is 60.7 Å². The van der Waals surface area contributed by atoms with Crippen LogP contribution in [0.15, 0.2) is 82.8 Å². The highest BCUT2D eigenvalue weighted by Crippen LogP contribution is 2.20. The first-order valence-corrected chi connectivity index (χ1v) is 9.07. The van der Waals surface area contributed by atoms with E-state index in [1.54, 1.807) is 13.1 Å². The lowest BCUT2D eigenvalue weighted by atomic mass is 10.2. The third-order valence-electron chi connectivity index (χ3n) is 4.05. The van der Waals surface area contributed by atoms with Gasteiger partial charge in [0.2, 0.25) is 0 Å². The standard InChI is InChI=1S/C22H24N4O2/c1-3-13-27-20-12-8-7-11-18(20)15-24-22(23-2)25-16-19-14-21(28-26-19)17-9-5-4-6-10-17/h3-12,14H,1,13,15-16H2,2H3,(H2,23,24,25). The molecule has 0 atom stereocenters. The van der Waals surface area contributed by atoms with E-state index in [-0.39, 0.29) is 0 Å². The molecule has 0 bridgehead atoms. The Labute approximate surface area is 164 Å². The predicted octanol–water partition coefficient (Wildman–Crippen LogP) is 3.77. The minimum Gasteiger partial charge on any atom is -0.489 e. The molecule has 0 aliphatic rings. The van der Waals surface area contributed by atoms with Crippen molar-refractivity contribution in [1.82, 2.24) is 15.8 Å². The normalized spacial score (nSPS) is 11.1. The Bertz CT molecular complexity index is 919. The summed E-state index contributed by atoms with van der Waals surface area (Å²) in [5.41, 5.74) is 2.84. The first-order chi connectivity index (χ1) is 13.8. The Morgan fingerprint density at radius 3 is 2.64 bits per heavy atom. The van der Waals surface area contributed by atoms with Crippen molar-refractivity contribution in [3.05, 3.63) is 84.6 Å². The van der Waals surface area contributed by atoms with Gasteiger partial charge in [-0.15, -0.1) is 0 Å². The first kappa shape index (κ1) is 19.2. The molecule has 6 heteroatoms. The summed E-state index contributed by atoms with van der Waals surface area (Å²) in [6.45, 7) is 5.24. The van der Waals surface area contributed by atoms with Crippen LogP contribution in [-0.2, 0) is 13.1 Å². The molecule has 3 aromatic rings. The Morgan fingerprint density at radius 2 is 1.86 bits per heavy atom. The smallest absolute Gasteiger partial charge is 0.191 e. The summed E-state index contributed by atoms with van der Waals surface area (Å²) < 4.78 is 11.1. The second-order valence-electron chi connectivity index (χ2n) is 6.04. The molecule has 0 saturated heterocycles. The highest BCUT2D eigenvalue weighted by Gasteiger charge is 2.08. The van der Waals surface area contributed by atoms with Crippen LogP contribution in [0.1, 0.15) is 11.3 Å².